The number of hydrogen-bond acceptors (Lipinski definition) is 5. The van der Waals surface area contributed by atoms with Crippen LogP contribution in [0.25, 0.3) is 33.6 Å². The zero-order valence-electron chi connectivity index (χ0n) is 23.0. The topological polar surface area (TPSA) is 83.0 Å². The Kier molecular flexibility index (Phi) is 5.30. The lowest BCUT2D eigenvalue weighted by Crippen LogP contribution is -2.37. The van der Waals surface area contributed by atoms with Crippen LogP contribution in [0.15, 0.2) is 48.9 Å². The molecular weight excluding hydrogens is 502 g/mol. The highest BCUT2D eigenvalue weighted by Crippen LogP contribution is 2.40. The van der Waals surface area contributed by atoms with E-state index in [-0.39, 0.29) is 5.91 Å². The molecule has 3 fully saturated rings. The Balaban J connectivity index is 1.32. The van der Waals surface area contributed by atoms with Gasteiger partial charge >= 0.3 is 0 Å². The molecule has 2 aliphatic carbocycles. The molecule has 0 unspecified atom stereocenters. The van der Waals surface area contributed by atoms with E-state index < -0.39 is 0 Å². The molecule has 40 heavy (non-hydrogen) atoms. The Hall–Kier alpha value is -4.14. The van der Waals surface area contributed by atoms with Crippen molar-refractivity contribution in [1.82, 2.24) is 33.8 Å². The summed E-state index contributed by atoms with van der Waals surface area (Å²) in [6.45, 7) is 2.36. The fourth-order valence-corrected chi connectivity index (χ4v) is 6.95. The number of likely N-dealkylation sites (tertiary alicyclic amines) is 1. The molecule has 8 rings (SSSR count). The third-order valence-electron chi connectivity index (χ3n) is 9.07. The smallest absolute Gasteiger partial charge is 0.254 e. The van der Waals surface area contributed by atoms with Gasteiger partial charge in [-0.25, -0.2) is 9.97 Å². The number of rotatable bonds is 7. The highest BCUT2D eigenvalue weighted by molar-refractivity contribution is 6.00. The van der Waals surface area contributed by atoms with Gasteiger partial charge < -0.3 is 18.8 Å². The van der Waals surface area contributed by atoms with E-state index in [1.54, 1.807) is 7.11 Å². The van der Waals surface area contributed by atoms with Crippen LogP contribution >= 0.6 is 0 Å². The number of benzene rings is 1. The Morgan fingerprint density at radius 3 is 2.75 bits per heavy atom. The van der Waals surface area contributed by atoms with Crippen LogP contribution in [0.1, 0.15) is 48.0 Å². The van der Waals surface area contributed by atoms with Crippen molar-refractivity contribution in [3.63, 3.8) is 0 Å². The van der Waals surface area contributed by atoms with Crippen LogP contribution in [-0.4, -0.2) is 59.4 Å². The second-order valence-electron chi connectivity index (χ2n) is 11.9. The molecule has 0 spiro atoms. The number of ether oxygens (including phenoxy) is 1. The third-order valence-corrected chi connectivity index (χ3v) is 9.07. The minimum absolute atomic E-state index is 0.0859. The highest BCUT2D eigenvalue weighted by atomic mass is 16.5. The molecule has 9 nitrogen and oxygen atoms in total. The first-order chi connectivity index (χ1) is 19.6. The number of fused-ring (bicyclic) bond motifs is 4. The number of amides is 1. The van der Waals surface area contributed by atoms with E-state index in [1.165, 1.54) is 19.3 Å². The van der Waals surface area contributed by atoms with Crippen molar-refractivity contribution in [3.8, 4) is 17.3 Å². The van der Waals surface area contributed by atoms with Crippen LogP contribution in [0.5, 0.6) is 5.75 Å². The maximum absolute atomic E-state index is 13.7. The maximum Gasteiger partial charge on any atom is 0.254 e. The number of methoxy groups -OCH3 is 1. The van der Waals surface area contributed by atoms with Crippen molar-refractivity contribution in [2.24, 2.45) is 18.9 Å². The van der Waals surface area contributed by atoms with Gasteiger partial charge in [0.05, 0.1) is 31.1 Å². The van der Waals surface area contributed by atoms with E-state index in [1.807, 2.05) is 48.5 Å². The number of aromatic nitrogens is 6. The lowest BCUT2D eigenvalue weighted by atomic mass is 10.1. The van der Waals surface area contributed by atoms with Crippen LogP contribution in [0, 0.1) is 11.8 Å². The first-order valence-electron chi connectivity index (χ1n) is 14.4. The quantitative estimate of drug-likeness (QED) is 0.297. The SMILES string of the molecule is COc1cc(C(=O)N2C[C@@H]3CC[C@@H]2C3)cc2nc(-c3cc4cccnc4n3CC3CC3)n(Cc3cnn(C)c3)c12. The lowest BCUT2D eigenvalue weighted by molar-refractivity contribution is 0.0703. The Labute approximate surface area is 232 Å². The summed E-state index contributed by atoms with van der Waals surface area (Å²) in [6.07, 6.45) is 11.8. The average molecular weight is 536 g/mol. The first kappa shape index (κ1) is 23.7. The Bertz CT molecular complexity index is 1780. The van der Waals surface area contributed by atoms with E-state index in [0.29, 0.717) is 35.7 Å². The van der Waals surface area contributed by atoms with E-state index in [9.17, 15) is 4.79 Å². The van der Waals surface area contributed by atoms with Gasteiger partial charge in [0.25, 0.3) is 5.91 Å². The summed E-state index contributed by atoms with van der Waals surface area (Å²) >= 11 is 0. The van der Waals surface area contributed by atoms with Crippen molar-refractivity contribution in [2.45, 2.75) is 51.2 Å². The molecule has 1 saturated heterocycles. The molecule has 2 atom stereocenters. The van der Waals surface area contributed by atoms with E-state index in [4.69, 9.17) is 14.7 Å². The van der Waals surface area contributed by atoms with Crippen LogP contribution in [0.4, 0.5) is 0 Å². The Morgan fingerprint density at radius 2 is 2.02 bits per heavy atom. The number of imidazole rings is 1. The maximum atomic E-state index is 13.7. The molecule has 5 heterocycles. The highest BCUT2D eigenvalue weighted by Gasteiger charge is 2.40. The second-order valence-corrected chi connectivity index (χ2v) is 11.9. The predicted molar refractivity (Wildman–Crippen MR) is 152 cm³/mol. The molecule has 4 aromatic heterocycles. The zero-order valence-corrected chi connectivity index (χ0v) is 23.0. The van der Waals surface area contributed by atoms with E-state index in [0.717, 1.165) is 65.1 Å². The number of hydrogen-bond donors (Lipinski definition) is 0. The molecular formula is C31H33N7O2. The normalized spacial score (nSPS) is 20.3. The molecule has 2 bridgehead atoms. The molecule has 2 saturated carbocycles. The standard InChI is InChI=1S/C31H33N7O2/c1-35-15-21(14-33-35)18-38-28-25(11-23(13-27(28)40-2)31(39)36-17-20-7-8-24(36)10-20)34-30(38)26-12-22-4-3-9-32-29(22)37(26)16-19-5-6-19/h3-4,9,11-15,19-20,24H,5-8,10,16-18H2,1-2H3/t20-,24-/m1/s1. The largest absolute Gasteiger partial charge is 0.494 e. The summed E-state index contributed by atoms with van der Waals surface area (Å²) in [5, 5.41) is 5.51. The summed E-state index contributed by atoms with van der Waals surface area (Å²) < 4.78 is 12.3. The lowest BCUT2D eigenvalue weighted by Gasteiger charge is -2.27. The van der Waals surface area contributed by atoms with Gasteiger partial charge in [-0.05, 0) is 74.3 Å². The molecule has 1 aromatic carbocycles. The minimum Gasteiger partial charge on any atom is -0.494 e. The number of nitrogens with zero attached hydrogens (tertiary/aromatic N) is 7. The molecule has 3 aliphatic rings. The fraction of sp³-hybridized carbons (Fsp3) is 0.419. The molecule has 5 aromatic rings. The number of aryl methyl sites for hydroxylation is 1. The molecule has 0 N–H and O–H groups in total. The third kappa shape index (κ3) is 3.82. The number of pyridine rings is 1. The average Bonchev–Trinajstić information content (AvgIpc) is 3.39. The Morgan fingerprint density at radius 1 is 1.12 bits per heavy atom. The van der Waals surface area contributed by atoms with E-state index >= 15 is 0 Å². The van der Waals surface area contributed by atoms with Crippen molar-refractivity contribution in [2.75, 3.05) is 13.7 Å². The van der Waals surface area contributed by atoms with Gasteiger partial charge in [0, 0.05) is 55.1 Å². The van der Waals surface area contributed by atoms with Crippen molar-refractivity contribution >= 4 is 28.0 Å². The summed E-state index contributed by atoms with van der Waals surface area (Å²) in [4.78, 5) is 25.8. The van der Waals surface area contributed by atoms with Crippen molar-refractivity contribution in [1.29, 1.82) is 0 Å². The van der Waals surface area contributed by atoms with Gasteiger partial charge in [-0.3, -0.25) is 9.48 Å². The van der Waals surface area contributed by atoms with Gasteiger partial charge in [-0.1, -0.05) is 0 Å². The van der Waals surface area contributed by atoms with Gasteiger partial charge in [-0.15, -0.1) is 0 Å². The van der Waals surface area contributed by atoms with Crippen LogP contribution in [-0.2, 0) is 20.1 Å². The number of carbonyl (C=O) groups is 1. The second kappa shape index (κ2) is 8.94. The zero-order chi connectivity index (χ0) is 27.0. The minimum atomic E-state index is 0.0859. The van der Waals surface area contributed by atoms with Crippen molar-refractivity contribution in [3.05, 3.63) is 60.0 Å². The van der Waals surface area contributed by atoms with Gasteiger partial charge in [0.2, 0.25) is 0 Å². The number of carbonyl (C=O) groups excluding carboxylic acids is 1. The summed E-state index contributed by atoms with van der Waals surface area (Å²) in [7, 11) is 3.61. The van der Waals surface area contributed by atoms with Gasteiger partial charge in [0.1, 0.15) is 16.9 Å². The van der Waals surface area contributed by atoms with Gasteiger partial charge in [0.15, 0.2) is 5.82 Å². The van der Waals surface area contributed by atoms with Crippen molar-refractivity contribution < 1.29 is 9.53 Å². The first-order valence-corrected chi connectivity index (χ1v) is 14.4. The van der Waals surface area contributed by atoms with E-state index in [2.05, 4.69) is 31.3 Å². The molecule has 1 aliphatic heterocycles. The monoisotopic (exact) mass is 535 g/mol. The van der Waals surface area contributed by atoms with Crippen LogP contribution in [0.3, 0.4) is 0 Å². The molecule has 1 amide bonds. The van der Waals surface area contributed by atoms with Gasteiger partial charge in [-0.2, -0.15) is 5.10 Å². The molecule has 9 heteroatoms. The van der Waals surface area contributed by atoms with Crippen LogP contribution in [0.2, 0.25) is 0 Å². The molecule has 204 valence electrons. The van der Waals surface area contributed by atoms with Crippen LogP contribution < -0.4 is 4.74 Å². The summed E-state index contributed by atoms with van der Waals surface area (Å²) in [6, 6.07) is 10.5. The molecule has 0 radical (unpaired) electrons. The summed E-state index contributed by atoms with van der Waals surface area (Å²) in [5.74, 6) is 2.91. The predicted octanol–water partition coefficient (Wildman–Crippen LogP) is 4.88. The summed E-state index contributed by atoms with van der Waals surface area (Å²) in [5.41, 5.74) is 5.39. The number of piperidine rings is 1. The fourth-order valence-electron chi connectivity index (χ4n) is 6.95.